The summed E-state index contributed by atoms with van der Waals surface area (Å²) in [4.78, 5) is 0. The largest absolute Gasteiger partial charge is 0.307 e. The first-order valence-corrected chi connectivity index (χ1v) is 23.6. The summed E-state index contributed by atoms with van der Waals surface area (Å²) < 4.78 is -0.893. The standard InChI is InChI=1S/C8H2I17N/c9-1(10,3(13,14)5(17,18)7(21,22)23)2(11,12)4(15,16)6(19,20)8(24,25)26/h26H2. The molecule has 0 amide bonds. The zero-order valence-corrected chi connectivity index (χ0v) is 47.7. The van der Waals surface area contributed by atoms with Crippen LogP contribution in [0.2, 0.25) is 0 Å². The zero-order chi connectivity index (χ0) is 22.0. The fourth-order valence-corrected chi connectivity index (χ4v) is 24.7. The van der Waals surface area contributed by atoms with Gasteiger partial charge >= 0.3 is 0 Å². The molecule has 0 aliphatic rings. The monoisotopic (exact) mass is 2270 g/mol. The summed E-state index contributed by atoms with van der Waals surface area (Å²) in [6.45, 7) is 0. The van der Waals surface area contributed by atoms with E-state index in [-0.39, 0.29) is 9.56 Å². The van der Waals surface area contributed by atoms with Gasteiger partial charge in [0.2, 0.25) is 0 Å². The molecule has 0 heterocycles. The van der Waals surface area contributed by atoms with E-state index >= 15 is 0 Å². The molecule has 0 aromatic heterocycles. The first-order chi connectivity index (χ1) is 10.8. The number of halogens is 17. The Hall–Kier alpha value is 12.4. The van der Waals surface area contributed by atoms with Gasteiger partial charge in [-0.2, -0.15) is 0 Å². The van der Waals surface area contributed by atoms with Crippen LogP contribution in [0, 0.1) is 0 Å². The van der Waals surface area contributed by atoms with Crippen LogP contribution in [0.25, 0.3) is 0 Å². The maximum atomic E-state index is 6.63. The van der Waals surface area contributed by atoms with Crippen LogP contribution >= 0.6 is 384 Å². The maximum absolute atomic E-state index is 6.63. The summed E-state index contributed by atoms with van der Waals surface area (Å²) in [5.41, 5.74) is 6.63. The Bertz CT molecular complexity index is 474. The Balaban J connectivity index is 6.61. The van der Waals surface area contributed by atoms with Gasteiger partial charge in [0.1, 0.15) is 9.56 Å². The van der Waals surface area contributed by atoms with E-state index in [2.05, 4.69) is 384 Å². The van der Waals surface area contributed by atoms with Crippen LogP contribution in [0.5, 0.6) is 0 Å². The summed E-state index contributed by atoms with van der Waals surface area (Å²) in [6, 6.07) is 0. The third-order valence-electron chi connectivity index (χ3n) is 2.75. The Labute approximate surface area is 386 Å². The molecule has 0 unspecified atom stereocenters. The van der Waals surface area contributed by atoms with Crippen LogP contribution in [0.15, 0.2) is 0 Å². The second-order valence-corrected chi connectivity index (χ2v) is 52.9. The Kier molecular flexibility index (Phi) is 20.0. The number of alkyl halides is 17. The summed E-state index contributed by atoms with van der Waals surface area (Å²) >= 11 is 44.3. The van der Waals surface area contributed by atoms with Gasteiger partial charge in [-0.3, -0.25) is 0 Å². The van der Waals surface area contributed by atoms with Crippen LogP contribution in [0.4, 0.5) is 0 Å². The van der Waals surface area contributed by atoms with Crippen molar-refractivity contribution in [2.24, 2.45) is 5.73 Å². The topological polar surface area (TPSA) is 26.0 Å². The second kappa shape index (κ2) is 13.6. The van der Waals surface area contributed by atoms with Gasteiger partial charge in [-0.05, 0) is 45.2 Å². The van der Waals surface area contributed by atoms with E-state index in [1.165, 1.54) is 0 Å². The molecular formula is C8H2I17N. The van der Waals surface area contributed by atoms with Gasteiger partial charge in [0.15, 0.2) is 0 Å². The molecule has 0 saturated carbocycles. The molecule has 158 valence electrons. The van der Waals surface area contributed by atoms with Crippen molar-refractivity contribution in [3.63, 3.8) is 0 Å². The quantitative estimate of drug-likeness (QED) is 0.153. The van der Waals surface area contributed by atoms with Crippen LogP contribution in [-0.4, -0.2) is 9.56 Å². The fourth-order valence-electron chi connectivity index (χ4n) is 1.18. The molecule has 0 fully saturated rings. The van der Waals surface area contributed by atoms with Gasteiger partial charge in [-0.25, -0.2) is 0 Å². The summed E-state index contributed by atoms with van der Waals surface area (Å²) in [5.74, 6) is 0. The molecule has 0 bridgehead atoms. The van der Waals surface area contributed by atoms with E-state index in [4.69, 9.17) is 5.73 Å². The van der Waals surface area contributed by atoms with Gasteiger partial charge in [-0.1, -0.05) is 339 Å². The molecule has 26 heavy (non-hydrogen) atoms. The first-order valence-electron chi connectivity index (χ1n) is 5.25. The lowest BCUT2D eigenvalue weighted by Gasteiger charge is -2.57. The minimum absolute atomic E-state index is 0.000683. The lowest BCUT2D eigenvalue weighted by atomic mass is 10.1. The normalized spacial score (nSPS) is 16.8. The molecule has 0 spiro atoms. The van der Waals surface area contributed by atoms with Gasteiger partial charge in [-0.15, -0.1) is 0 Å². The van der Waals surface area contributed by atoms with Crippen molar-refractivity contribution in [2.45, 2.75) is 9.56 Å². The Morgan fingerprint density at radius 1 is 0.308 bits per heavy atom. The summed E-state index contributed by atoms with van der Waals surface area (Å²) in [6.07, 6.45) is 0. The predicted octanol–water partition coefficient (Wildman–Crippen LogP) is 12.8. The van der Waals surface area contributed by atoms with Crippen molar-refractivity contribution in [1.29, 1.82) is 0 Å². The van der Waals surface area contributed by atoms with Crippen LogP contribution in [0.3, 0.4) is 0 Å². The van der Waals surface area contributed by atoms with Crippen molar-refractivity contribution in [3.8, 4) is 0 Å². The van der Waals surface area contributed by atoms with Gasteiger partial charge in [0.25, 0.3) is 0 Å². The van der Waals surface area contributed by atoms with Crippen LogP contribution in [0.1, 0.15) is 0 Å². The van der Waals surface area contributed by atoms with E-state index in [9.17, 15) is 0 Å². The molecule has 0 aromatic carbocycles. The highest BCUT2D eigenvalue weighted by Gasteiger charge is 2.76. The van der Waals surface area contributed by atoms with Crippen molar-refractivity contribution >= 4 is 384 Å². The molecule has 0 aliphatic heterocycles. The first kappa shape index (κ1) is 38.4. The number of rotatable bonds is 7. The molecule has 0 aromatic rings. The third-order valence-corrected chi connectivity index (χ3v) is 57.3. The van der Waals surface area contributed by atoms with Crippen LogP contribution < -0.4 is 5.73 Å². The minimum Gasteiger partial charge on any atom is -0.307 e. The molecule has 0 atom stereocenters. The molecular weight excluding hydrogens is 2270 g/mol. The highest BCUT2D eigenvalue weighted by molar-refractivity contribution is 14.3. The molecule has 0 aliphatic carbocycles. The fraction of sp³-hybridized carbons (Fsp3) is 1.00. The highest BCUT2D eigenvalue weighted by Crippen LogP contribution is 2.78. The van der Waals surface area contributed by atoms with Crippen molar-refractivity contribution in [3.05, 3.63) is 0 Å². The Morgan fingerprint density at radius 3 is 0.692 bits per heavy atom. The molecule has 1 nitrogen and oxygen atoms in total. The van der Waals surface area contributed by atoms with Crippen molar-refractivity contribution in [2.75, 3.05) is 0 Å². The van der Waals surface area contributed by atoms with Gasteiger partial charge in [0.05, 0.1) is 0 Å². The molecule has 0 rings (SSSR count). The van der Waals surface area contributed by atoms with Crippen molar-refractivity contribution in [1.82, 2.24) is 0 Å². The molecule has 0 radical (unpaired) electrons. The number of hydrogen-bond acceptors (Lipinski definition) is 1. The lowest BCUT2D eigenvalue weighted by molar-refractivity contribution is 0.671. The second-order valence-electron chi connectivity index (χ2n) is 4.57. The van der Waals surface area contributed by atoms with E-state index in [1.807, 2.05) is 0 Å². The summed E-state index contributed by atoms with van der Waals surface area (Å²) in [7, 11) is 0. The minimum atomic E-state index is -0.387. The molecule has 2 N–H and O–H groups in total. The average molecular weight is 2270 g/mol. The van der Waals surface area contributed by atoms with E-state index in [0.717, 1.165) is 0 Å². The molecule has 18 heteroatoms. The van der Waals surface area contributed by atoms with E-state index < -0.39 is 0 Å². The number of nitrogens with two attached hydrogens (primary N) is 1. The smallest absolute Gasteiger partial charge is 0.149 e. The van der Waals surface area contributed by atoms with Gasteiger partial charge < -0.3 is 5.73 Å². The average Bonchev–Trinajstić information content (AvgIpc) is 2.34. The summed E-state index contributed by atoms with van der Waals surface area (Å²) in [5, 5.41) is 0. The van der Waals surface area contributed by atoms with E-state index in [1.54, 1.807) is 0 Å². The van der Waals surface area contributed by atoms with Crippen LogP contribution in [-0.2, 0) is 0 Å². The van der Waals surface area contributed by atoms with Gasteiger partial charge in [0, 0.05) is 0 Å². The maximum Gasteiger partial charge on any atom is 0.149 e. The highest BCUT2D eigenvalue weighted by atomic mass is 127. The third kappa shape index (κ3) is 8.01. The SMILES string of the molecule is NC(I)(I)C(I)(I)C(I)(I)C(I)(I)C(I)(I)C(I)(I)C(I)(I)C(I)(I)I. The Morgan fingerprint density at radius 2 is 0.500 bits per heavy atom. The predicted molar refractivity (Wildman–Crippen MR) is 264 cm³/mol. The lowest BCUT2D eigenvalue weighted by Crippen LogP contribution is -2.68. The van der Waals surface area contributed by atoms with Crippen molar-refractivity contribution < 1.29 is 0 Å². The molecule has 0 saturated heterocycles. The number of hydrogen-bond donors (Lipinski definition) is 1. The van der Waals surface area contributed by atoms with E-state index in [0.29, 0.717) is 0 Å². The zero-order valence-electron chi connectivity index (χ0n) is 11.0.